The van der Waals surface area contributed by atoms with Crippen LogP contribution in [0.3, 0.4) is 0 Å². The van der Waals surface area contributed by atoms with Crippen molar-refractivity contribution in [1.82, 2.24) is 4.90 Å². The molecule has 0 fully saturated rings. The van der Waals surface area contributed by atoms with E-state index < -0.39 is 15.7 Å². The van der Waals surface area contributed by atoms with Gasteiger partial charge in [0.05, 0.1) is 17.5 Å². The second-order valence-electron chi connectivity index (χ2n) is 5.75. The average Bonchev–Trinajstić information content (AvgIpc) is 3.26. The van der Waals surface area contributed by atoms with Crippen LogP contribution in [0.25, 0.3) is 17.4 Å². The van der Waals surface area contributed by atoms with Gasteiger partial charge in [-0.1, -0.05) is 30.3 Å². The molecule has 8 nitrogen and oxygen atoms in total. The monoisotopic (exact) mass is 400 g/mol. The van der Waals surface area contributed by atoms with Gasteiger partial charge < -0.3 is 4.42 Å². The van der Waals surface area contributed by atoms with E-state index >= 15 is 0 Å². The lowest BCUT2D eigenvalue weighted by Crippen LogP contribution is -2.45. The number of carbonyl (C=O) groups excluding carboxylic acids is 1. The van der Waals surface area contributed by atoms with E-state index in [4.69, 9.17) is 9.83 Å². The number of amidine groups is 3. The molecular formula is C17H12N4O4S2. The third-order valence-corrected chi connectivity index (χ3v) is 5.55. The molecule has 1 amide bonds. The maximum absolute atomic E-state index is 12.3. The molecule has 2 aliphatic heterocycles. The van der Waals surface area contributed by atoms with E-state index in [-0.39, 0.29) is 21.7 Å². The first kappa shape index (κ1) is 17.4. The first-order valence-electron chi connectivity index (χ1n) is 7.69. The maximum Gasteiger partial charge on any atom is 0.283 e. The quantitative estimate of drug-likeness (QED) is 0.612. The molecule has 2 aromatic rings. The van der Waals surface area contributed by atoms with E-state index in [0.717, 1.165) is 28.7 Å². The predicted octanol–water partition coefficient (Wildman–Crippen LogP) is 2.57. The third-order valence-electron chi connectivity index (χ3n) is 3.80. The highest BCUT2D eigenvalue weighted by atomic mass is 32.2. The summed E-state index contributed by atoms with van der Waals surface area (Å²) in [6.45, 7) is 0. The smallest absolute Gasteiger partial charge is 0.283 e. The number of sulfone groups is 1. The number of hydrogen-bond donors (Lipinski definition) is 1. The van der Waals surface area contributed by atoms with E-state index in [9.17, 15) is 13.2 Å². The fourth-order valence-electron chi connectivity index (χ4n) is 2.57. The highest BCUT2D eigenvalue weighted by molar-refractivity contribution is 8.16. The number of nitrogens with one attached hydrogen (secondary N) is 1. The summed E-state index contributed by atoms with van der Waals surface area (Å²) in [6.07, 6.45) is 2.36. The highest BCUT2D eigenvalue weighted by Gasteiger charge is 2.41. The molecule has 27 heavy (non-hydrogen) atoms. The third kappa shape index (κ3) is 3.13. The predicted molar refractivity (Wildman–Crippen MR) is 104 cm³/mol. The van der Waals surface area contributed by atoms with Crippen molar-refractivity contribution in [3.8, 4) is 11.3 Å². The molecule has 0 saturated carbocycles. The fourth-order valence-corrected chi connectivity index (χ4v) is 4.41. The summed E-state index contributed by atoms with van der Waals surface area (Å²) < 4.78 is 33.3. The minimum Gasteiger partial charge on any atom is -0.457 e. The number of nitrogens with zero attached hydrogens (tertiary/aromatic N) is 3. The highest BCUT2D eigenvalue weighted by Crippen LogP contribution is 2.30. The summed E-state index contributed by atoms with van der Waals surface area (Å²) in [5, 5.41) is 8.02. The number of aliphatic imine (C=N–C) groups is 1. The van der Waals surface area contributed by atoms with E-state index in [1.807, 2.05) is 30.3 Å². The number of furan rings is 1. The minimum atomic E-state index is -3.68. The number of fused-ring (bicyclic) bond motifs is 1. The van der Waals surface area contributed by atoms with Crippen LogP contribution in [-0.4, -0.2) is 41.7 Å². The normalized spacial score (nSPS) is 18.6. The van der Waals surface area contributed by atoms with E-state index in [0.29, 0.717) is 11.5 Å². The van der Waals surface area contributed by atoms with Crippen LogP contribution in [0, 0.1) is 5.41 Å². The van der Waals surface area contributed by atoms with Gasteiger partial charge in [-0.15, -0.1) is 0 Å². The van der Waals surface area contributed by atoms with Crippen molar-refractivity contribution in [3.05, 3.63) is 53.8 Å². The minimum absolute atomic E-state index is 0.0481. The van der Waals surface area contributed by atoms with Crippen molar-refractivity contribution >= 4 is 49.9 Å². The van der Waals surface area contributed by atoms with Crippen LogP contribution in [0.1, 0.15) is 5.76 Å². The molecule has 1 N–H and O–H groups in total. The first-order valence-corrected chi connectivity index (χ1v) is 10.3. The van der Waals surface area contributed by atoms with Crippen LogP contribution >= 0.6 is 11.9 Å². The Bertz CT molecular complexity index is 1160. The Balaban J connectivity index is 1.71. The Morgan fingerprint density at radius 1 is 1.19 bits per heavy atom. The van der Waals surface area contributed by atoms with Gasteiger partial charge >= 0.3 is 0 Å². The van der Waals surface area contributed by atoms with Crippen LogP contribution < -0.4 is 0 Å². The van der Waals surface area contributed by atoms with E-state index in [1.54, 1.807) is 12.1 Å². The molecular weight excluding hydrogens is 388 g/mol. The summed E-state index contributed by atoms with van der Waals surface area (Å²) in [7, 11) is -3.68. The van der Waals surface area contributed by atoms with Crippen LogP contribution in [0.15, 0.2) is 61.8 Å². The van der Waals surface area contributed by atoms with Gasteiger partial charge in [0.25, 0.3) is 5.91 Å². The van der Waals surface area contributed by atoms with Gasteiger partial charge in [-0.2, -0.15) is 9.39 Å². The molecule has 0 unspecified atom stereocenters. The lowest BCUT2D eigenvalue weighted by atomic mass is 10.1. The zero-order chi connectivity index (χ0) is 19.2. The Kier molecular flexibility index (Phi) is 4.08. The molecule has 0 saturated heterocycles. The van der Waals surface area contributed by atoms with Gasteiger partial charge in [-0.3, -0.25) is 10.2 Å². The number of amides is 1. The molecule has 1 aromatic heterocycles. The number of benzene rings is 1. The Morgan fingerprint density at radius 2 is 1.93 bits per heavy atom. The van der Waals surface area contributed by atoms with Gasteiger partial charge in [0.2, 0.25) is 20.2 Å². The molecule has 3 heterocycles. The van der Waals surface area contributed by atoms with Crippen molar-refractivity contribution in [2.75, 3.05) is 6.26 Å². The fraction of sp³-hybridized carbons (Fsp3) is 0.0588. The second kappa shape index (κ2) is 6.32. The van der Waals surface area contributed by atoms with Gasteiger partial charge in [-0.05, 0) is 18.2 Å². The molecule has 10 heteroatoms. The average molecular weight is 400 g/mol. The first-order chi connectivity index (χ1) is 12.8. The Labute approximate surface area is 158 Å². The van der Waals surface area contributed by atoms with Crippen molar-refractivity contribution in [1.29, 1.82) is 5.41 Å². The van der Waals surface area contributed by atoms with Crippen molar-refractivity contribution < 1.29 is 17.6 Å². The van der Waals surface area contributed by atoms with E-state index in [1.165, 1.54) is 6.08 Å². The van der Waals surface area contributed by atoms with Gasteiger partial charge in [0.1, 0.15) is 17.4 Å². The molecule has 1 aromatic carbocycles. The zero-order valence-electron chi connectivity index (χ0n) is 13.9. The molecule has 4 rings (SSSR count). The second-order valence-corrected chi connectivity index (χ2v) is 8.39. The lowest BCUT2D eigenvalue weighted by molar-refractivity contribution is -0.114. The zero-order valence-corrected chi connectivity index (χ0v) is 15.5. The largest absolute Gasteiger partial charge is 0.457 e. The van der Waals surface area contributed by atoms with Crippen molar-refractivity contribution in [2.24, 2.45) is 9.39 Å². The summed E-state index contributed by atoms with van der Waals surface area (Å²) >= 11 is 0.751. The van der Waals surface area contributed by atoms with Crippen LogP contribution in [0.5, 0.6) is 0 Å². The van der Waals surface area contributed by atoms with Gasteiger partial charge in [0.15, 0.2) is 0 Å². The summed E-state index contributed by atoms with van der Waals surface area (Å²) in [5.74, 6) is 0.0000376. The number of rotatable bonds is 2. The van der Waals surface area contributed by atoms with Crippen LogP contribution in [0.4, 0.5) is 0 Å². The summed E-state index contributed by atoms with van der Waals surface area (Å²) in [6, 6.07) is 12.8. The van der Waals surface area contributed by atoms with Crippen LogP contribution in [0.2, 0.25) is 0 Å². The van der Waals surface area contributed by atoms with Gasteiger partial charge in [-0.25, -0.2) is 13.3 Å². The van der Waals surface area contributed by atoms with Crippen molar-refractivity contribution in [3.63, 3.8) is 0 Å². The number of hydrogen-bond acceptors (Lipinski definition) is 7. The SMILES string of the molecule is CS(=O)(=O)C1=NSC2=NC(=O)/C(=C\c3ccc(-c4ccccc4)o3)C(=N)N21. The lowest BCUT2D eigenvalue weighted by Gasteiger charge is -2.23. The molecule has 2 aliphatic rings. The number of carbonyl (C=O) groups is 1. The summed E-state index contributed by atoms with van der Waals surface area (Å²) in [4.78, 5) is 17.2. The van der Waals surface area contributed by atoms with Crippen LogP contribution in [-0.2, 0) is 14.6 Å². The van der Waals surface area contributed by atoms with Crippen molar-refractivity contribution in [2.45, 2.75) is 0 Å². The van der Waals surface area contributed by atoms with Gasteiger partial charge in [0, 0.05) is 11.8 Å². The standard InChI is InChI=1S/C17H12N4O4S2/c1-27(23,24)17-20-26-16-19-15(22)12(14(18)21(16)17)9-11-7-8-13(25-11)10-5-3-2-4-6-10/h2-9,18H,1H3/b12-9-,18-14?. The molecule has 0 aliphatic carbocycles. The molecule has 136 valence electrons. The summed E-state index contributed by atoms with van der Waals surface area (Å²) in [5.41, 5.74) is 0.793. The Hall–Kier alpha value is -2.98. The maximum atomic E-state index is 12.3. The topological polar surface area (TPSA) is 116 Å². The molecule has 0 radical (unpaired) electrons. The molecule has 0 bridgehead atoms. The Morgan fingerprint density at radius 3 is 2.63 bits per heavy atom. The molecule has 0 atom stereocenters. The molecule has 0 spiro atoms. The van der Waals surface area contributed by atoms with E-state index in [2.05, 4.69) is 9.39 Å².